The zero-order valence-electron chi connectivity index (χ0n) is 10.6. The second kappa shape index (κ2) is 6.57. The van der Waals surface area contributed by atoms with Crippen LogP contribution in [-0.4, -0.2) is 39.3 Å². The van der Waals surface area contributed by atoms with Crippen molar-refractivity contribution in [2.75, 3.05) is 13.7 Å². The Labute approximate surface area is 118 Å². The molecule has 114 valence electrons. The first-order valence-corrected chi connectivity index (χ1v) is 6.84. The van der Waals surface area contributed by atoms with E-state index in [1.165, 1.54) is 6.07 Å². The molecule has 0 bridgehead atoms. The third-order valence-corrected chi connectivity index (χ3v) is 3.85. The maximum absolute atomic E-state index is 13.6. The van der Waals surface area contributed by atoms with Crippen LogP contribution in [0.4, 0.5) is 8.78 Å². The van der Waals surface area contributed by atoms with Crippen LogP contribution in [0.3, 0.4) is 0 Å². The number of methoxy groups -OCH3 is 1. The average Bonchev–Trinajstić information content (AvgIpc) is 2.36. The number of nitrogens with zero attached hydrogens (tertiary/aromatic N) is 1. The summed E-state index contributed by atoms with van der Waals surface area (Å²) in [5.74, 6) is -4.57. The first-order valence-electron chi connectivity index (χ1n) is 5.36. The van der Waals surface area contributed by atoms with Crippen molar-refractivity contribution in [2.24, 2.45) is 0 Å². The molecule has 0 heterocycles. The van der Waals surface area contributed by atoms with Gasteiger partial charge in [-0.05, 0) is 12.1 Å². The van der Waals surface area contributed by atoms with E-state index in [1.807, 2.05) is 0 Å². The summed E-state index contributed by atoms with van der Waals surface area (Å²) in [6.45, 7) is -0.534. The summed E-state index contributed by atoms with van der Waals surface area (Å²) in [7, 11) is -3.65. The Balaban J connectivity index is 3.26. The third kappa shape index (κ3) is 3.94. The lowest BCUT2D eigenvalue weighted by Gasteiger charge is -2.14. The highest BCUT2D eigenvalue weighted by Crippen LogP contribution is 2.20. The SMILES string of the molecule is COCC(NS(=O)(=O)c1c(F)cc(C#N)cc1F)C(=O)O. The summed E-state index contributed by atoms with van der Waals surface area (Å²) in [6, 6.07) is 0.807. The fourth-order valence-electron chi connectivity index (χ4n) is 1.45. The predicted octanol–water partition coefficient (Wildman–Crippen LogP) is 0.214. The van der Waals surface area contributed by atoms with Crippen molar-refractivity contribution in [1.29, 1.82) is 5.26 Å². The van der Waals surface area contributed by atoms with Gasteiger partial charge in [0.05, 0.1) is 18.2 Å². The van der Waals surface area contributed by atoms with E-state index in [9.17, 15) is 22.0 Å². The van der Waals surface area contributed by atoms with Gasteiger partial charge in [0.25, 0.3) is 0 Å². The van der Waals surface area contributed by atoms with Crippen molar-refractivity contribution >= 4 is 16.0 Å². The molecule has 1 atom stereocenters. The van der Waals surface area contributed by atoms with Crippen LogP contribution in [0.1, 0.15) is 5.56 Å². The number of hydrogen-bond donors (Lipinski definition) is 2. The van der Waals surface area contributed by atoms with Gasteiger partial charge in [0, 0.05) is 7.11 Å². The number of ether oxygens (including phenoxy) is 1. The molecule has 7 nitrogen and oxygen atoms in total. The molecule has 0 aliphatic rings. The van der Waals surface area contributed by atoms with Crippen LogP contribution in [0.2, 0.25) is 0 Å². The van der Waals surface area contributed by atoms with Gasteiger partial charge in [-0.25, -0.2) is 17.2 Å². The van der Waals surface area contributed by atoms with Gasteiger partial charge >= 0.3 is 5.97 Å². The molecule has 0 aromatic heterocycles. The normalized spacial score (nSPS) is 12.7. The number of benzene rings is 1. The van der Waals surface area contributed by atoms with Crippen molar-refractivity contribution in [1.82, 2.24) is 4.72 Å². The number of nitriles is 1. The molecule has 0 amide bonds. The molecule has 0 fully saturated rings. The molecule has 10 heteroatoms. The maximum Gasteiger partial charge on any atom is 0.324 e. The lowest BCUT2D eigenvalue weighted by Crippen LogP contribution is -2.44. The Kier molecular flexibility index (Phi) is 5.31. The molecule has 0 spiro atoms. The summed E-state index contributed by atoms with van der Waals surface area (Å²) < 4.78 is 57.1. The van der Waals surface area contributed by atoms with Crippen LogP contribution in [0, 0.1) is 23.0 Å². The summed E-state index contributed by atoms with van der Waals surface area (Å²) >= 11 is 0. The van der Waals surface area contributed by atoms with Crippen LogP contribution < -0.4 is 4.72 Å². The van der Waals surface area contributed by atoms with E-state index in [2.05, 4.69) is 4.74 Å². The summed E-state index contributed by atoms with van der Waals surface area (Å²) in [4.78, 5) is 9.47. The minimum absolute atomic E-state index is 0.407. The van der Waals surface area contributed by atoms with Crippen LogP contribution in [0.5, 0.6) is 0 Å². The zero-order chi connectivity index (χ0) is 16.2. The number of hydrogen-bond acceptors (Lipinski definition) is 5. The van der Waals surface area contributed by atoms with E-state index in [-0.39, 0.29) is 0 Å². The molecule has 1 aromatic rings. The van der Waals surface area contributed by atoms with Crippen molar-refractivity contribution < 1.29 is 31.8 Å². The summed E-state index contributed by atoms with van der Waals surface area (Å²) in [6.07, 6.45) is 0. The molecule has 21 heavy (non-hydrogen) atoms. The second-order valence-corrected chi connectivity index (χ2v) is 5.50. The lowest BCUT2D eigenvalue weighted by molar-refractivity contribution is -0.140. The number of rotatable bonds is 6. The maximum atomic E-state index is 13.6. The van der Waals surface area contributed by atoms with Gasteiger partial charge in [0.1, 0.15) is 17.7 Å². The minimum atomic E-state index is -4.78. The minimum Gasteiger partial charge on any atom is -0.480 e. The number of carboxylic acids is 1. The summed E-state index contributed by atoms with van der Waals surface area (Å²) in [5.41, 5.74) is -0.407. The smallest absolute Gasteiger partial charge is 0.324 e. The second-order valence-electron chi connectivity index (χ2n) is 3.85. The van der Waals surface area contributed by atoms with E-state index in [0.29, 0.717) is 12.1 Å². The van der Waals surface area contributed by atoms with Crippen LogP contribution >= 0.6 is 0 Å². The van der Waals surface area contributed by atoms with Crippen molar-refractivity contribution in [3.8, 4) is 6.07 Å². The lowest BCUT2D eigenvalue weighted by atomic mass is 10.2. The largest absolute Gasteiger partial charge is 0.480 e. The number of aliphatic carboxylic acids is 1. The molecule has 0 radical (unpaired) electrons. The number of carbonyl (C=O) groups is 1. The molecule has 0 saturated carbocycles. The first kappa shape index (κ1) is 17.0. The number of halogens is 2. The van der Waals surface area contributed by atoms with Crippen LogP contribution in [0.15, 0.2) is 17.0 Å². The quantitative estimate of drug-likeness (QED) is 0.774. The highest BCUT2D eigenvalue weighted by Gasteiger charge is 2.30. The highest BCUT2D eigenvalue weighted by molar-refractivity contribution is 7.89. The topological polar surface area (TPSA) is 116 Å². The van der Waals surface area contributed by atoms with Crippen molar-refractivity contribution in [3.63, 3.8) is 0 Å². The molecule has 1 rings (SSSR count). The Morgan fingerprint density at radius 3 is 2.38 bits per heavy atom. The van der Waals surface area contributed by atoms with Gasteiger partial charge in [-0.3, -0.25) is 4.79 Å². The van der Waals surface area contributed by atoms with Gasteiger partial charge in [-0.15, -0.1) is 0 Å². The van der Waals surface area contributed by atoms with Gasteiger partial charge in [-0.1, -0.05) is 0 Å². The monoisotopic (exact) mass is 320 g/mol. The molecule has 2 N–H and O–H groups in total. The fourth-order valence-corrected chi connectivity index (χ4v) is 2.74. The number of sulfonamides is 1. The number of carboxylic acid groups (broad SMARTS) is 1. The predicted molar refractivity (Wildman–Crippen MR) is 64.7 cm³/mol. The fraction of sp³-hybridized carbons (Fsp3) is 0.273. The van der Waals surface area contributed by atoms with E-state index in [1.54, 1.807) is 4.72 Å². The van der Waals surface area contributed by atoms with E-state index in [0.717, 1.165) is 7.11 Å². The Hall–Kier alpha value is -2.09. The zero-order valence-corrected chi connectivity index (χ0v) is 11.4. The van der Waals surface area contributed by atoms with Gasteiger partial charge in [-0.2, -0.15) is 9.98 Å². The van der Waals surface area contributed by atoms with Crippen LogP contribution in [-0.2, 0) is 19.6 Å². The Bertz CT molecular complexity index is 676. The van der Waals surface area contributed by atoms with Crippen LogP contribution in [0.25, 0.3) is 0 Å². The highest BCUT2D eigenvalue weighted by atomic mass is 32.2. The summed E-state index contributed by atoms with van der Waals surface area (Å²) in [5, 5.41) is 17.3. The first-order chi connectivity index (χ1) is 9.72. The molecule has 1 unspecified atom stereocenters. The molecule has 1 aromatic carbocycles. The molecular formula is C11H10F2N2O5S. The van der Waals surface area contributed by atoms with Crippen molar-refractivity contribution in [3.05, 3.63) is 29.3 Å². The van der Waals surface area contributed by atoms with Crippen molar-refractivity contribution in [2.45, 2.75) is 10.9 Å². The Morgan fingerprint density at radius 1 is 1.48 bits per heavy atom. The number of nitrogens with one attached hydrogen (secondary N) is 1. The van der Waals surface area contributed by atoms with E-state index < -0.39 is 50.7 Å². The standard InChI is InChI=1S/C11H10F2N2O5S/c1-20-5-9(11(16)17)15-21(18,19)10-7(12)2-6(4-14)3-8(10)13/h2-3,9,15H,5H2,1H3,(H,16,17). The third-order valence-electron chi connectivity index (χ3n) is 2.32. The van der Waals surface area contributed by atoms with Gasteiger partial charge < -0.3 is 9.84 Å². The Morgan fingerprint density at radius 2 is 2.00 bits per heavy atom. The average molecular weight is 320 g/mol. The van der Waals surface area contributed by atoms with Gasteiger partial charge in [0.15, 0.2) is 4.90 Å². The molecule has 0 saturated heterocycles. The molecule has 0 aliphatic heterocycles. The van der Waals surface area contributed by atoms with E-state index in [4.69, 9.17) is 10.4 Å². The molecular weight excluding hydrogens is 310 g/mol. The molecule has 0 aliphatic carbocycles. The van der Waals surface area contributed by atoms with Gasteiger partial charge in [0.2, 0.25) is 10.0 Å². The van der Waals surface area contributed by atoms with E-state index >= 15 is 0 Å².